The zero-order valence-electron chi connectivity index (χ0n) is 16.2. The van der Waals surface area contributed by atoms with Crippen LogP contribution in [0.5, 0.6) is 0 Å². The molecule has 1 atom stereocenters. The number of sulfonamides is 1. The molecule has 0 spiro atoms. The van der Waals surface area contributed by atoms with Gasteiger partial charge in [0.15, 0.2) is 0 Å². The van der Waals surface area contributed by atoms with E-state index in [0.717, 1.165) is 11.1 Å². The second kappa shape index (κ2) is 7.44. The maximum atomic E-state index is 13.4. The van der Waals surface area contributed by atoms with E-state index in [1.54, 1.807) is 19.1 Å². The lowest BCUT2D eigenvalue weighted by molar-refractivity contribution is -0.126. The number of nitrogens with zero attached hydrogens (tertiary/aromatic N) is 1. The molecule has 3 rings (SSSR count). The Bertz CT molecular complexity index is 950. The summed E-state index contributed by atoms with van der Waals surface area (Å²) in [5.74, 6) is 0.0844. The van der Waals surface area contributed by atoms with Gasteiger partial charge in [-0.2, -0.15) is 4.31 Å². The van der Waals surface area contributed by atoms with Crippen molar-refractivity contribution >= 4 is 15.9 Å². The Labute approximate surface area is 161 Å². The van der Waals surface area contributed by atoms with Crippen molar-refractivity contribution in [1.82, 2.24) is 9.62 Å². The average molecular weight is 387 g/mol. The standard InChI is InChI=1S/C21H26N2O3S/c1-14(2)17-6-8-18(9-7-17)20-21(24)22-11-12-23(20)27(25,26)19-10-5-15(3)13-16(19)4/h5-10,13-14,20H,11-12H2,1-4H3,(H,22,24). The van der Waals surface area contributed by atoms with Gasteiger partial charge in [-0.25, -0.2) is 8.42 Å². The van der Waals surface area contributed by atoms with Crippen LogP contribution in [0.1, 0.15) is 48.1 Å². The maximum absolute atomic E-state index is 13.4. The van der Waals surface area contributed by atoms with E-state index in [1.165, 1.54) is 4.31 Å². The van der Waals surface area contributed by atoms with Crippen LogP contribution < -0.4 is 5.32 Å². The number of amides is 1. The molecule has 0 saturated carbocycles. The molecule has 1 amide bonds. The van der Waals surface area contributed by atoms with E-state index in [9.17, 15) is 13.2 Å². The van der Waals surface area contributed by atoms with Gasteiger partial charge in [0.25, 0.3) is 0 Å². The summed E-state index contributed by atoms with van der Waals surface area (Å²) in [5, 5.41) is 2.80. The molecule has 2 aromatic carbocycles. The molecular weight excluding hydrogens is 360 g/mol. The third-order valence-corrected chi connectivity index (χ3v) is 7.03. The van der Waals surface area contributed by atoms with Gasteiger partial charge in [-0.1, -0.05) is 55.8 Å². The van der Waals surface area contributed by atoms with Gasteiger partial charge in [0.05, 0.1) is 4.90 Å². The minimum absolute atomic E-state index is 0.248. The van der Waals surface area contributed by atoms with Crippen LogP contribution in [0.2, 0.25) is 0 Å². The van der Waals surface area contributed by atoms with E-state index < -0.39 is 16.1 Å². The highest BCUT2D eigenvalue weighted by Crippen LogP contribution is 2.31. The maximum Gasteiger partial charge on any atom is 0.244 e. The van der Waals surface area contributed by atoms with Crippen molar-refractivity contribution in [1.29, 1.82) is 0 Å². The van der Waals surface area contributed by atoms with Crippen molar-refractivity contribution in [3.05, 3.63) is 64.7 Å². The largest absolute Gasteiger partial charge is 0.353 e. The molecule has 2 aromatic rings. The minimum atomic E-state index is -3.79. The van der Waals surface area contributed by atoms with Gasteiger partial charge < -0.3 is 5.32 Å². The highest BCUT2D eigenvalue weighted by molar-refractivity contribution is 7.89. The first-order chi connectivity index (χ1) is 12.7. The fraction of sp³-hybridized carbons (Fsp3) is 0.381. The first-order valence-electron chi connectivity index (χ1n) is 9.18. The molecule has 1 heterocycles. The lowest BCUT2D eigenvalue weighted by Gasteiger charge is -2.34. The van der Waals surface area contributed by atoms with Gasteiger partial charge in [0.1, 0.15) is 6.04 Å². The highest BCUT2D eigenvalue weighted by atomic mass is 32.2. The summed E-state index contributed by atoms with van der Waals surface area (Å²) >= 11 is 0. The number of carbonyl (C=O) groups excluding carboxylic acids is 1. The summed E-state index contributed by atoms with van der Waals surface area (Å²) in [6.07, 6.45) is 0. The summed E-state index contributed by atoms with van der Waals surface area (Å²) < 4.78 is 28.1. The van der Waals surface area contributed by atoms with Gasteiger partial charge in [0.2, 0.25) is 15.9 Å². The van der Waals surface area contributed by atoms with Crippen LogP contribution >= 0.6 is 0 Å². The van der Waals surface area contributed by atoms with Crippen LogP contribution in [0.25, 0.3) is 0 Å². The molecule has 144 valence electrons. The molecule has 1 aliphatic heterocycles. The minimum Gasteiger partial charge on any atom is -0.353 e. The van der Waals surface area contributed by atoms with Gasteiger partial charge in [-0.05, 0) is 42.5 Å². The molecular formula is C21H26N2O3S. The number of rotatable bonds is 4. The smallest absolute Gasteiger partial charge is 0.244 e. The molecule has 0 aromatic heterocycles. The van der Waals surface area contributed by atoms with E-state index in [-0.39, 0.29) is 17.3 Å². The van der Waals surface area contributed by atoms with Crippen LogP contribution in [0.4, 0.5) is 0 Å². The number of benzene rings is 2. The molecule has 1 unspecified atom stereocenters. The summed E-state index contributed by atoms with van der Waals surface area (Å²) in [6, 6.07) is 12.1. The highest BCUT2D eigenvalue weighted by Gasteiger charge is 2.40. The summed E-state index contributed by atoms with van der Waals surface area (Å²) in [6.45, 7) is 8.47. The lowest BCUT2D eigenvalue weighted by Crippen LogP contribution is -2.52. The van der Waals surface area contributed by atoms with Crippen LogP contribution in [-0.4, -0.2) is 31.7 Å². The number of hydrogen-bond acceptors (Lipinski definition) is 3. The van der Waals surface area contributed by atoms with Crippen LogP contribution in [0.15, 0.2) is 47.4 Å². The molecule has 6 heteroatoms. The quantitative estimate of drug-likeness (QED) is 0.877. The van der Waals surface area contributed by atoms with Crippen LogP contribution in [0, 0.1) is 13.8 Å². The van der Waals surface area contributed by atoms with Crippen LogP contribution in [0.3, 0.4) is 0 Å². The molecule has 0 radical (unpaired) electrons. The van der Waals surface area contributed by atoms with E-state index in [1.807, 2.05) is 37.3 Å². The Morgan fingerprint density at radius 2 is 1.74 bits per heavy atom. The van der Waals surface area contributed by atoms with Gasteiger partial charge in [-0.15, -0.1) is 0 Å². The third-order valence-electron chi connectivity index (χ3n) is 5.00. The van der Waals surface area contributed by atoms with E-state index in [0.29, 0.717) is 23.6 Å². The number of carbonyl (C=O) groups is 1. The van der Waals surface area contributed by atoms with Gasteiger partial charge in [0, 0.05) is 13.1 Å². The first-order valence-corrected chi connectivity index (χ1v) is 10.6. The van der Waals surface area contributed by atoms with Crippen molar-refractivity contribution in [2.75, 3.05) is 13.1 Å². The molecule has 0 aliphatic carbocycles. The summed E-state index contributed by atoms with van der Waals surface area (Å²) in [4.78, 5) is 12.9. The topological polar surface area (TPSA) is 66.5 Å². The predicted molar refractivity (Wildman–Crippen MR) is 106 cm³/mol. The lowest BCUT2D eigenvalue weighted by atomic mass is 9.98. The van der Waals surface area contributed by atoms with Gasteiger partial charge in [-0.3, -0.25) is 4.79 Å². The van der Waals surface area contributed by atoms with Crippen molar-refractivity contribution in [3.8, 4) is 0 Å². The Morgan fingerprint density at radius 3 is 2.33 bits per heavy atom. The second-order valence-electron chi connectivity index (χ2n) is 7.40. The molecule has 27 heavy (non-hydrogen) atoms. The molecule has 0 bridgehead atoms. The Kier molecular flexibility index (Phi) is 5.40. The summed E-state index contributed by atoms with van der Waals surface area (Å²) in [7, 11) is -3.79. The Balaban J connectivity index is 2.04. The predicted octanol–water partition coefficient (Wildman–Crippen LogP) is 3.29. The zero-order valence-corrected chi connectivity index (χ0v) is 17.0. The van der Waals surface area contributed by atoms with Crippen molar-refractivity contribution < 1.29 is 13.2 Å². The average Bonchev–Trinajstić information content (AvgIpc) is 2.61. The number of aryl methyl sites for hydroxylation is 2. The number of nitrogens with one attached hydrogen (secondary N) is 1. The van der Waals surface area contributed by atoms with Crippen LogP contribution in [-0.2, 0) is 14.8 Å². The fourth-order valence-corrected chi connectivity index (χ4v) is 5.29. The number of hydrogen-bond donors (Lipinski definition) is 1. The molecule has 1 aliphatic rings. The Morgan fingerprint density at radius 1 is 1.07 bits per heavy atom. The fourth-order valence-electron chi connectivity index (χ4n) is 3.50. The third kappa shape index (κ3) is 3.77. The second-order valence-corrected chi connectivity index (χ2v) is 9.26. The molecule has 1 saturated heterocycles. The van der Waals surface area contributed by atoms with Crippen molar-refractivity contribution in [2.45, 2.75) is 44.6 Å². The molecule has 5 nitrogen and oxygen atoms in total. The van der Waals surface area contributed by atoms with E-state index in [2.05, 4.69) is 19.2 Å². The normalized spacial score (nSPS) is 18.6. The SMILES string of the molecule is Cc1ccc(S(=O)(=O)N2CCNC(=O)C2c2ccc(C(C)C)cc2)c(C)c1. The Hall–Kier alpha value is -2.18. The number of piperazine rings is 1. The van der Waals surface area contributed by atoms with Gasteiger partial charge >= 0.3 is 0 Å². The van der Waals surface area contributed by atoms with Crippen molar-refractivity contribution in [3.63, 3.8) is 0 Å². The molecule has 1 N–H and O–H groups in total. The first kappa shape index (κ1) is 19.6. The van der Waals surface area contributed by atoms with E-state index in [4.69, 9.17) is 0 Å². The van der Waals surface area contributed by atoms with E-state index >= 15 is 0 Å². The zero-order chi connectivity index (χ0) is 19.8. The van der Waals surface area contributed by atoms with Crippen molar-refractivity contribution in [2.24, 2.45) is 0 Å². The molecule has 1 fully saturated rings. The summed E-state index contributed by atoms with van der Waals surface area (Å²) in [5.41, 5.74) is 3.53. The monoisotopic (exact) mass is 386 g/mol.